The zero-order chi connectivity index (χ0) is 22.7. The first-order valence-electron chi connectivity index (χ1n) is 7.89. The average Bonchev–Trinajstić information content (AvgIpc) is 2.65. The lowest BCUT2D eigenvalue weighted by molar-refractivity contribution is -0.138. The molecule has 2 rings (SSSR count). The van der Waals surface area contributed by atoms with Crippen LogP contribution in [-0.2, 0) is 6.18 Å². The number of benzene rings is 1. The monoisotopic (exact) mass is 471 g/mol. The van der Waals surface area contributed by atoms with Gasteiger partial charge in [0.15, 0.2) is 0 Å². The van der Waals surface area contributed by atoms with Crippen molar-refractivity contribution in [1.82, 2.24) is 10.3 Å². The molecule has 0 saturated carbocycles. The highest BCUT2D eigenvalue weighted by Crippen LogP contribution is 2.32. The average molecular weight is 472 g/mol. The smallest absolute Gasteiger partial charge is 0.343 e. The van der Waals surface area contributed by atoms with Crippen molar-refractivity contribution >= 4 is 40.9 Å². The normalized spacial score (nSPS) is 11.9. The van der Waals surface area contributed by atoms with E-state index in [0.29, 0.717) is 6.20 Å². The second-order valence-corrected chi connectivity index (χ2v) is 7.00. The van der Waals surface area contributed by atoms with Gasteiger partial charge in [-0.15, -0.1) is 11.8 Å². The molecule has 2 aromatic rings. The number of rotatable bonds is 5. The number of hydrogen-bond acceptors (Lipinski definition) is 4. The highest BCUT2D eigenvalue weighted by atomic mass is 35.5. The Morgan fingerprint density at radius 1 is 1.10 bits per heavy atom. The largest absolute Gasteiger partial charge is 0.417 e. The summed E-state index contributed by atoms with van der Waals surface area (Å²) in [6.07, 6.45) is -7.40. The molecule has 0 saturated heterocycles. The van der Waals surface area contributed by atoms with Crippen molar-refractivity contribution in [3.8, 4) is 0 Å². The standard InChI is InChI=1S/C17H12ClF6N3O2S/c1-30-12-4-8(17(22,23)24)6-25-13(12)15(29)27-11-3-2-9(18)5-10(11)14(28)26-7-16(19,20)21/h2-6H,7H2,1H3,(H,26,28)(H,27,29). The minimum absolute atomic E-state index is 0.0163. The zero-order valence-electron chi connectivity index (χ0n) is 14.9. The van der Waals surface area contributed by atoms with Gasteiger partial charge in [-0.1, -0.05) is 11.6 Å². The van der Waals surface area contributed by atoms with Gasteiger partial charge >= 0.3 is 12.4 Å². The summed E-state index contributed by atoms with van der Waals surface area (Å²) in [6, 6.07) is 4.23. The summed E-state index contributed by atoms with van der Waals surface area (Å²) in [5.41, 5.74) is -1.97. The number of amides is 2. The number of nitrogens with one attached hydrogen (secondary N) is 2. The van der Waals surface area contributed by atoms with Crippen LogP contribution in [0.5, 0.6) is 0 Å². The molecule has 0 spiro atoms. The van der Waals surface area contributed by atoms with Gasteiger partial charge in [0.1, 0.15) is 12.2 Å². The van der Waals surface area contributed by atoms with Crippen molar-refractivity contribution in [2.45, 2.75) is 17.2 Å². The highest BCUT2D eigenvalue weighted by molar-refractivity contribution is 7.98. The predicted molar refractivity (Wildman–Crippen MR) is 98.8 cm³/mol. The van der Waals surface area contributed by atoms with Crippen molar-refractivity contribution in [1.29, 1.82) is 0 Å². The molecule has 30 heavy (non-hydrogen) atoms. The second-order valence-electron chi connectivity index (χ2n) is 5.71. The lowest BCUT2D eigenvalue weighted by Gasteiger charge is -2.14. The number of halogens is 7. The molecule has 5 nitrogen and oxygen atoms in total. The fraction of sp³-hybridized carbons (Fsp3) is 0.235. The van der Waals surface area contributed by atoms with Crippen molar-refractivity contribution in [3.63, 3.8) is 0 Å². The third-order valence-corrected chi connectivity index (χ3v) is 4.52. The number of carbonyl (C=O) groups excluding carboxylic acids is 2. The van der Waals surface area contributed by atoms with Gasteiger partial charge in [-0.25, -0.2) is 4.98 Å². The van der Waals surface area contributed by atoms with Gasteiger partial charge in [0.05, 0.1) is 16.8 Å². The van der Waals surface area contributed by atoms with Gasteiger partial charge in [0, 0.05) is 16.1 Å². The van der Waals surface area contributed by atoms with Crippen LogP contribution in [0.25, 0.3) is 0 Å². The number of carbonyl (C=O) groups is 2. The van der Waals surface area contributed by atoms with E-state index in [2.05, 4.69) is 10.3 Å². The Bertz CT molecular complexity index is 965. The van der Waals surface area contributed by atoms with Crippen molar-refractivity contribution in [3.05, 3.63) is 52.3 Å². The number of thioether (sulfide) groups is 1. The third kappa shape index (κ3) is 6.26. The topological polar surface area (TPSA) is 71.1 Å². The number of alkyl halides is 6. The maximum absolute atomic E-state index is 12.8. The first-order chi connectivity index (χ1) is 13.8. The Hall–Kier alpha value is -2.47. The van der Waals surface area contributed by atoms with E-state index in [-0.39, 0.29) is 26.9 Å². The fourth-order valence-electron chi connectivity index (χ4n) is 2.20. The molecule has 1 heterocycles. The molecule has 2 N–H and O–H groups in total. The van der Waals surface area contributed by atoms with Crippen LogP contribution in [0.2, 0.25) is 5.02 Å². The van der Waals surface area contributed by atoms with Crippen LogP contribution < -0.4 is 10.6 Å². The molecular formula is C17H12ClF6N3O2S. The fourth-order valence-corrected chi connectivity index (χ4v) is 2.95. The van der Waals surface area contributed by atoms with Gasteiger partial charge in [0.2, 0.25) is 0 Å². The minimum atomic E-state index is -4.66. The lowest BCUT2D eigenvalue weighted by atomic mass is 10.1. The molecule has 162 valence electrons. The van der Waals surface area contributed by atoms with Crippen molar-refractivity contribution in [2.24, 2.45) is 0 Å². The molecule has 0 radical (unpaired) electrons. The zero-order valence-corrected chi connectivity index (χ0v) is 16.5. The Labute approximate surface area is 175 Å². The Morgan fingerprint density at radius 2 is 1.77 bits per heavy atom. The van der Waals surface area contributed by atoms with Crippen LogP contribution >= 0.6 is 23.4 Å². The Balaban J connectivity index is 2.32. The van der Waals surface area contributed by atoms with Crippen LogP contribution in [0, 0.1) is 0 Å². The number of hydrogen-bond donors (Lipinski definition) is 2. The van der Waals surface area contributed by atoms with E-state index in [4.69, 9.17) is 11.6 Å². The van der Waals surface area contributed by atoms with Crippen molar-refractivity contribution < 1.29 is 35.9 Å². The van der Waals surface area contributed by atoms with E-state index in [1.54, 1.807) is 5.32 Å². The molecule has 1 aromatic heterocycles. The number of aromatic nitrogens is 1. The predicted octanol–water partition coefficient (Wildman–Crippen LogP) is 5.02. The summed E-state index contributed by atoms with van der Waals surface area (Å²) in [7, 11) is 0. The number of anilines is 1. The van der Waals surface area contributed by atoms with Crippen LogP contribution in [-0.4, -0.2) is 35.8 Å². The Kier molecular flexibility index (Phi) is 7.24. The highest BCUT2D eigenvalue weighted by Gasteiger charge is 2.32. The summed E-state index contributed by atoms with van der Waals surface area (Å²) >= 11 is 6.61. The summed E-state index contributed by atoms with van der Waals surface area (Å²) < 4.78 is 75.5. The Morgan fingerprint density at radius 3 is 2.33 bits per heavy atom. The molecule has 0 unspecified atom stereocenters. The summed E-state index contributed by atoms with van der Waals surface area (Å²) in [6.45, 7) is -1.61. The van der Waals surface area contributed by atoms with E-state index in [1.807, 2.05) is 0 Å². The molecular weight excluding hydrogens is 460 g/mol. The number of nitrogens with zero attached hydrogens (tertiary/aromatic N) is 1. The van der Waals surface area contributed by atoms with E-state index in [9.17, 15) is 35.9 Å². The van der Waals surface area contributed by atoms with Crippen molar-refractivity contribution in [2.75, 3.05) is 18.1 Å². The van der Waals surface area contributed by atoms with E-state index < -0.39 is 36.3 Å². The van der Waals surface area contributed by atoms with Crippen LogP contribution in [0.15, 0.2) is 35.4 Å². The molecule has 0 atom stereocenters. The second kappa shape index (κ2) is 9.13. The summed E-state index contributed by atoms with van der Waals surface area (Å²) in [5, 5.41) is 3.93. The molecule has 1 aromatic carbocycles. The molecule has 2 amide bonds. The quantitative estimate of drug-likeness (QED) is 0.474. The minimum Gasteiger partial charge on any atom is -0.343 e. The molecule has 0 bridgehead atoms. The molecule has 0 aliphatic rings. The van der Waals surface area contributed by atoms with Crippen LogP contribution in [0.4, 0.5) is 32.0 Å². The van der Waals surface area contributed by atoms with E-state index in [0.717, 1.165) is 23.9 Å². The SMILES string of the molecule is CSc1cc(C(F)(F)F)cnc1C(=O)Nc1ccc(Cl)cc1C(=O)NCC(F)(F)F. The van der Waals surface area contributed by atoms with E-state index >= 15 is 0 Å². The van der Waals surface area contributed by atoms with Gasteiger partial charge < -0.3 is 10.6 Å². The maximum Gasteiger partial charge on any atom is 0.417 e. The van der Waals surface area contributed by atoms with Crippen LogP contribution in [0.3, 0.4) is 0 Å². The van der Waals surface area contributed by atoms with E-state index in [1.165, 1.54) is 18.4 Å². The molecule has 13 heteroatoms. The maximum atomic E-state index is 12.8. The van der Waals surface area contributed by atoms with Gasteiger partial charge in [-0.3, -0.25) is 9.59 Å². The molecule has 0 aliphatic carbocycles. The summed E-state index contributed by atoms with van der Waals surface area (Å²) in [5.74, 6) is -2.11. The van der Waals surface area contributed by atoms with Gasteiger partial charge in [0.25, 0.3) is 11.8 Å². The third-order valence-electron chi connectivity index (χ3n) is 3.54. The lowest BCUT2D eigenvalue weighted by Crippen LogP contribution is -2.34. The van der Waals surface area contributed by atoms with Gasteiger partial charge in [-0.05, 0) is 30.5 Å². The van der Waals surface area contributed by atoms with Gasteiger partial charge in [-0.2, -0.15) is 26.3 Å². The first kappa shape index (κ1) is 23.8. The first-order valence-corrected chi connectivity index (χ1v) is 9.49. The van der Waals surface area contributed by atoms with Crippen LogP contribution in [0.1, 0.15) is 26.4 Å². The number of pyridine rings is 1. The molecule has 0 fully saturated rings. The molecule has 0 aliphatic heterocycles. The summed E-state index contributed by atoms with van der Waals surface area (Å²) in [4.78, 5) is 28.1.